The minimum Gasteiger partial charge on any atom is -0.496 e. The van der Waals surface area contributed by atoms with Gasteiger partial charge in [-0.25, -0.2) is 13.8 Å². The molecule has 3 aromatic carbocycles. The average molecular weight is 452 g/mol. The molecular weight excluding hydrogens is 426 g/mol. The van der Waals surface area contributed by atoms with Gasteiger partial charge in [0.2, 0.25) is 10.0 Å². The van der Waals surface area contributed by atoms with E-state index in [1.165, 1.54) is 10.5 Å². The van der Waals surface area contributed by atoms with Gasteiger partial charge in [0.1, 0.15) is 5.75 Å². The van der Waals surface area contributed by atoms with E-state index < -0.39 is 15.9 Å². The molecule has 0 bridgehead atoms. The van der Waals surface area contributed by atoms with E-state index in [2.05, 4.69) is 10.5 Å². The number of anilines is 1. The van der Waals surface area contributed by atoms with Gasteiger partial charge in [-0.05, 0) is 48.9 Å². The fraction of sp³-hybridized carbons (Fsp3) is 0.167. The largest absolute Gasteiger partial charge is 0.496 e. The number of nitrogens with zero attached hydrogens (tertiary/aromatic N) is 2. The summed E-state index contributed by atoms with van der Waals surface area (Å²) in [4.78, 5) is 12.4. The van der Waals surface area contributed by atoms with Crippen LogP contribution >= 0.6 is 0 Å². The van der Waals surface area contributed by atoms with E-state index in [4.69, 9.17) is 4.74 Å². The third-order valence-electron chi connectivity index (χ3n) is 4.77. The monoisotopic (exact) mass is 451 g/mol. The quantitative estimate of drug-likeness (QED) is 0.418. The van der Waals surface area contributed by atoms with Gasteiger partial charge in [0.25, 0.3) is 5.91 Å². The van der Waals surface area contributed by atoms with Gasteiger partial charge in [-0.3, -0.25) is 9.10 Å². The minimum absolute atomic E-state index is 0.202. The number of hydrogen-bond acceptors (Lipinski definition) is 5. The first-order valence-corrected chi connectivity index (χ1v) is 11.7. The molecule has 0 saturated heterocycles. The van der Waals surface area contributed by atoms with Crippen molar-refractivity contribution in [2.24, 2.45) is 5.10 Å². The van der Waals surface area contributed by atoms with Crippen LogP contribution in [0.3, 0.4) is 0 Å². The summed E-state index contributed by atoms with van der Waals surface area (Å²) in [6.45, 7) is 2.18. The van der Waals surface area contributed by atoms with Crippen molar-refractivity contribution in [1.29, 1.82) is 0 Å². The predicted octanol–water partition coefficient (Wildman–Crippen LogP) is 3.73. The Labute approximate surface area is 188 Å². The van der Waals surface area contributed by atoms with Crippen molar-refractivity contribution in [3.8, 4) is 5.75 Å². The number of hydrazone groups is 1. The molecule has 7 nitrogen and oxygen atoms in total. The zero-order valence-corrected chi connectivity index (χ0v) is 19.0. The van der Waals surface area contributed by atoms with Crippen LogP contribution in [-0.4, -0.2) is 33.9 Å². The highest BCUT2D eigenvalue weighted by atomic mass is 32.2. The summed E-state index contributed by atoms with van der Waals surface area (Å²) in [5, 5.41) is 3.98. The maximum Gasteiger partial charge on any atom is 0.271 e. The Morgan fingerprint density at radius 1 is 1.03 bits per heavy atom. The molecule has 0 aliphatic rings. The lowest BCUT2D eigenvalue weighted by Gasteiger charge is -2.22. The Balaban J connectivity index is 1.72. The lowest BCUT2D eigenvalue weighted by Crippen LogP contribution is -2.29. The van der Waals surface area contributed by atoms with Gasteiger partial charge in [-0.15, -0.1) is 0 Å². The van der Waals surface area contributed by atoms with Crippen molar-refractivity contribution in [1.82, 2.24) is 5.43 Å². The second kappa shape index (κ2) is 10.1. The Bertz CT molecular complexity index is 1200. The number of hydrogen-bond donors (Lipinski definition) is 1. The molecule has 8 heteroatoms. The van der Waals surface area contributed by atoms with Crippen LogP contribution in [0.4, 0.5) is 5.69 Å². The fourth-order valence-corrected chi connectivity index (χ4v) is 3.92. The first-order valence-electron chi connectivity index (χ1n) is 9.87. The van der Waals surface area contributed by atoms with E-state index in [9.17, 15) is 13.2 Å². The Morgan fingerprint density at radius 2 is 1.69 bits per heavy atom. The van der Waals surface area contributed by atoms with E-state index in [-0.39, 0.29) is 6.54 Å². The fourth-order valence-electron chi connectivity index (χ4n) is 3.04. The van der Waals surface area contributed by atoms with Crippen LogP contribution < -0.4 is 14.5 Å². The summed E-state index contributed by atoms with van der Waals surface area (Å²) in [6.07, 6.45) is 2.66. The molecule has 0 heterocycles. The number of carbonyl (C=O) groups excluding carboxylic acids is 1. The number of carbonyl (C=O) groups is 1. The summed E-state index contributed by atoms with van der Waals surface area (Å²) >= 11 is 0. The van der Waals surface area contributed by atoms with E-state index in [1.807, 2.05) is 49.4 Å². The van der Waals surface area contributed by atoms with Crippen LogP contribution in [-0.2, 0) is 16.6 Å². The first kappa shape index (κ1) is 23.0. The summed E-state index contributed by atoms with van der Waals surface area (Å²) < 4.78 is 31.3. The van der Waals surface area contributed by atoms with Gasteiger partial charge in [0, 0.05) is 11.1 Å². The highest BCUT2D eigenvalue weighted by molar-refractivity contribution is 7.92. The molecule has 32 heavy (non-hydrogen) atoms. The number of aryl methyl sites for hydroxylation is 1. The van der Waals surface area contributed by atoms with Gasteiger partial charge in [0.05, 0.1) is 31.8 Å². The third-order valence-corrected chi connectivity index (χ3v) is 5.91. The molecule has 166 valence electrons. The molecule has 0 radical (unpaired) electrons. The van der Waals surface area contributed by atoms with Crippen LogP contribution in [0.25, 0.3) is 0 Å². The maximum atomic E-state index is 12.4. The van der Waals surface area contributed by atoms with Gasteiger partial charge in [-0.2, -0.15) is 5.10 Å². The summed E-state index contributed by atoms with van der Waals surface area (Å²) in [5.74, 6) is 0.233. The standard InChI is InChI=1S/C24H25N3O4S/c1-18-8-10-19(11-9-18)17-27(32(3,29)30)22-14-12-20(13-15-22)24(28)26-25-16-21-6-4-5-7-23(21)31-2/h4-16H,17H2,1-3H3,(H,26,28)/b25-16-. The van der Waals surface area contributed by atoms with Crippen LogP contribution in [0.2, 0.25) is 0 Å². The highest BCUT2D eigenvalue weighted by Gasteiger charge is 2.18. The molecule has 3 aromatic rings. The van der Waals surface area contributed by atoms with Crippen LogP contribution in [0.5, 0.6) is 5.75 Å². The van der Waals surface area contributed by atoms with Gasteiger partial charge >= 0.3 is 0 Å². The Kier molecular flexibility index (Phi) is 7.27. The molecule has 0 atom stereocenters. The zero-order chi connectivity index (χ0) is 23.1. The number of methoxy groups -OCH3 is 1. The molecule has 0 aliphatic carbocycles. The molecule has 0 fully saturated rings. The lowest BCUT2D eigenvalue weighted by atomic mass is 10.1. The van der Waals surface area contributed by atoms with Crippen molar-refractivity contribution < 1.29 is 17.9 Å². The molecular formula is C24H25N3O4S. The van der Waals surface area contributed by atoms with Crippen molar-refractivity contribution in [2.75, 3.05) is 17.7 Å². The van der Waals surface area contributed by atoms with Gasteiger partial charge in [-0.1, -0.05) is 42.0 Å². The van der Waals surface area contributed by atoms with Gasteiger partial charge < -0.3 is 4.74 Å². The van der Waals surface area contributed by atoms with Crippen molar-refractivity contribution in [3.05, 3.63) is 95.1 Å². The van der Waals surface area contributed by atoms with E-state index in [1.54, 1.807) is 37.4 Å². The topological polar surface area (TPSA) is 88.1 Å². The molecule has 0 saturated carbocycles. The van der Waals surface area contributed by atoms with E-state index >= 15 is 0 Å². The minimum atomic E-state index is -3.51. The molecule has 1 amide bonds. The number of benzene rings is 3. The molecule has 0 unspecified atom stereocenters. The van der Waals surface area contributed by atoms with E-state index in [0.29, 0.717) is 17.0 Å². The highest BCUT2D eigenvalue weighted by Crippen LogP contribution is 2.21. The van der Waals surface area contributed by atoms with Crippen LogP contribution in [0.1, 0.15) is 27.0 Å². The third kappa shape index (κ3) is 5.95. The van der Waals surface area contributed by atoms with Crippen molar-refractivity contribution in [2.45, 2.75) is 13.5 Å². The predicted molar refractivity (Wildman–Crippen MR) is 127 cm³/mol. The maximum absolute atomic E-state index is 12.4. The Morgan fingerprint density at radius 3 is 2.31 bits per heavy atom. The Hall–Kier alpha value is -3.65. The average Bonchev–Trinajstić information content (AvgIpc) is 2.78. The van der Waals surface area contributed by atoms with Gasteiger partial charge in [0.15, 0.2) is 0 Å². The summed E-state index contributed by atoms with van der Waals surface area (Å²) in [6, 6.07) is 21.3. The number of amides is 1. The number of ether oxygens (including phenoxy) is 1. The number of nitrogens with one attached hydrogen (secondary N) is 1. The van der Waals surface area contributed by atoms with Crippen molar-refractivity contribution >= 4 is 27.8 Å². The second-order valence-electron chi connectivity index (χ2n) is 7.24. The number of rotatable bonds is 8. The SMILES string of the molecule is COc1ccccc1/C=N\NC(=O)c1ccc(N(Cc2ccc(C)cc2)S(C)(=O)=O)cc1. The van der Waals surface area contributed by atoms with Crippen LogP contribution in [0.15, 0.2) is 77.9 Å². The summed E-state index contributed by atoms with van der Waals surface area (Å²) in [5.41, 5.74) is 5.99. The van der Waals surface area contributed by atoms with Crippen molar-refractivity contribution in [3.63, 3.8) is 0 Å². The lowest BCUT2D eigenvalue weighted by molar-refractivity contribution is 0.0955. The summed E-state index contributed by atoms with van der Waals surface area (Å²) in [7, 11) is -1.95. The van der Waals surface area contributed by atoms with Crippen LogP contribution in [0, 0.1) is 6.92 Å². The molecule has 0 aromatic heterocycles. The first-order chi connectivity index (χ1) is 15.3. The second-order valence-corrected chi connectivity index (χ2v) is 9.15. The zero-order valence-electron chi connectivity index (χ0n) is 18.1. The number of sulfonamides is 1. The normalized spacial score (nSPS) is 11.3. The molecule has 0 aliphatic heterocycles. The smallest absolute Gasteiger partial charge is 0.271 e. The molecule has 1 N–H and O–H groups in total. The molecule has 0 spiro atoms. The molecule has 3 rings (SSSR count). The van der Waals surface area contributed by atoms with E-state index in [0.717, 1.165) is 22.9 Å². The number of para-hydroxylation sites is 1.